The SMILES string of the molecule is CC(=O)CC(C)(CC(=O)OCC(C)(O)C(=O)[C@H](CC(C)C)NC(=O)[C@H](Cc1ccccc1)NC(=O)[C@H](CC(C)C)NC(=O)[C@H](CCc1ccccc1)CC(=O)CN1CCOCC1)C(C)=O. The lowest BCUT2D eigenvalue weighted by Gasteiger charge is -2.31. The van der Waals surface area contributed by atoms with Crippen LogP contribution in [-0.4, -0.2) is 120 Å². The van der Waals surface area contributed by atoms with Crippen molar-refractivity contribution in [3.63, 3.8) is 0 Å². The summed E-state index contributed by atoms with van der Waals surface area (Å²) in [5.74, 6) is -5.26. The van der Waals surface area contributed by atoms with Crippen LogP contribution >= 0.6 is 0 Å². The number of esters is 1. The highest BCUT2D eigenvalue weighted by molar-refractivity contribution is 5.98. The van der Waals surface area contributed by atoms with Gasteiger partial charge in [-0.05, 0) is 69.4 Å². The molecule has 6 atom stereocenters. The number of Topliss-reactive ketones (excluding diaryl/α,β-unsaturated/α-hetero) is 4. The summed E-state index contributed by atoms with van der Waals surface area (Å²) in [6.07, 6.45) is 0.579. The molecular weight excluding hydrogens is 833 g/mol. The lowest BCUT2D eigenvalue weighted by molar-refractivity contribution is -0.160. The van der Waals surface area contributed by atoms with Gasteiger partial charge in [-0.25, -0.2) is 0 Å². The number of nitrogens with zero attached hydrogens (tertiary/aromatic N) is 1. The number of ketones is 4. The van der Waals surface area contributed by atoms with E-state index in [9.17, 15) is 43.5 Å². The first-order valence-electron chi connectivity index (χ1n) is 22.8. The maximum Gasteiger partial charge on any atom is 0.306 e. The number of hydrogen-bond donors (Lipinski definition) is 4. The predicted octanol–water partition coefficient (Wildman–Crippen LogP) is 4.14. The zero-order chi connectivity index (χ0) is 48.3. The first-order valence-corrected chi connectivity index (χ1v) is 22.8. The van der Waals surface area contributed by atoms with Crippen molar-refractivity contribution in [3.05, 3.63) is 71.8 Å². The Labute approximate surface area is 384 Å². The summed E-state index contributed by atoms with van der Waals surface area (Å²) in [6, 6.07) is 15.0. The molecular formula is C50H72N4O11. The van der Waals surface area contributed by atoms with Gasteiger partial charge >= 0.3 is 5.97 Å². The minimum absolute atomic E-state index is 0.0161. The highest BCUT2D eigenvalue weighted by atomic mass is 16.5. The molecule has 2 aromatic rings. The molecule has 15 nitrogen and oxygen atoms in total. The third kappa shape index (κ3) is 19.1. The molecule has 0 saturated carbocycles. The van der Waals surface area contributed by atoms with Crippen molar-refractivity contribution in [1.82, 2.24) is 20.9 Å². The molecule has 65 heavy (non-hydrogen) atoms. The molecule has 0 aliphatic carbocycles. The number of benzene rings is 2. The van der Waals surface area contributed by atoms with Gasteiger partial charge in [0.05, 0.1) is 32.2 Å². The Bertz CT molecular complexity index is 1910. The molecule has 2 unspecified atom stereocenters. The second-order valence-electron chi connectivity index (χ2n) is 19.0. The Balaban J connectivity index is 1.84. The van der Waals surface area contributed by atoms with Crippen LogP contribution in [0.1, 0.15) is 105 Å². The van der Waals surface area contributed by atoms with E-state index in [1.165, 1.54) is 20.8 Å². The quantitative estimate of drug-likeness (QED) is 0.0888. The first kappa shape index (κ1) is 54.2. The van der Waals surface area contributed by atoms with Crippen LogP contribution in [0.15, 0.2) is 60.7 Å². The summed E-state index contributed by atoms with van der Waals surface area (Å²) in [5.41, 5.74) is -1.90. The van der Waals surface area contributed by atoms with Crippen molar-refractivity contribution in [2.75, 3.05) is 39.5 Å². The molecule has 15 heteroatoms. The van der Waals surface area contributed by atoms with Gasteiger partial charge in [0, 0.05) is 43.7 Å². The first-order chi connectivity index (χ1) is 30.6. The number of morpholine rings is 1. The van der Waals surface area contributed by atoms with Crippen molar-refractivity contribution >= 4 is 46.8 Å². The summed E-state index contributed by atoms with van der Waals surface area (Å²) in [5, 5.41) is 19.9. The van der Waals surface area contributed by atoms with E-state index in [-0.39, 0.29) is 62.1 Å². The number of rotatable bonds is 28. The Morgan fingerprint density at radius 2 is 1.25 bits per heavy atom. The van der Waals surface area contributed by atoms with Crippen molar-refractivity contribution in [2.45, 2.75) is 130 Å². The molecule has 0 aromatic heterocycles. The van der Waals surface area contributed by atoms with E-state index in [2.05, 4.69) is 16.0 Å². The highest BCUT2D eigenvalue weighted by Crippen LogP contribution is 2.29. The third-order valence-electron chi connectivity index (χ3n) is 11.6. The fourth-order valence-corrected chi connectivity index (χ4v) is 7.86. The van der Waals surface area contributed by atoms with Crippen LogP contribution in [0.4, 0.5) is 0 Å². The summed E-state index contributed by atoms with van der Waals surface area (Å²) in [7, 11) is 0. The fraction of sp³-hybridized carbons (Fsp3) is 0.600. The smallest absolute Gasteiger partial charge is 0.306 e. The van der Waals surface area contributed by atoms with Gasteiger partial charge in [0.2, 0.25) is 17.7 Å². The molecule has 1 fully saturated rings. The number of ether oxygens (including phenoxy) is 2. The van der Waals surface area contributed by atoms with Crippen LogP contribution < -0.4 is 16.0 Å². The zero-order valence-corrected chi connectivity index (χ0v) is 39.6. The Morgan fingerprint density at radius 3 is 1.80 bits per heavy atom. The zero-order valence-electron chi connectivity index (χ0n) is 39.6. The number of aryl methyl sites for hydroxylation is 1. The number of carbonyl (C=O) groups is 8. The summed E-state index contributed by atoms with van der Waals surface area (Å²) in [6.45, 7) is 14.4. The molecule has 0 spiro atoms. The summed E-state index contributed by atoms with van der Waals surface area (Å²) >= 11 is 0. The van der Waals surface area contributed by atoms with Crippen LogP contribution in [0.2, 0.25) is 0 Å². The van der Waals surface area contributed by atoms with E-state index in [0.29, 0.717) is 44.7 Å². The van der Waals surface area contributed by atoms with Gasteiger partial charge in [-0.1, -0.05) is 95.3 Å². The van der Waals surface area contributed by atoms with Crippen molar-refractivity contribution in [1.29, 1.82) is 0 Å². The van der Waals surface area contributed by atoms with Crippen molar-refractivity contribution in [2.24, 2.45) is 23.2 Å². The van der Waals surface area contributed by atoms with E-state index in [0.717, 1.165) is 12.5 Å². The Kier molecular flexibility index (Phi) is 21.8. The normalized spacial score (nSPS) is 16.8. The predicted molar refractivity (Wildman–Crippen MR) is 245 cm³/mol. The van der Waals surface area contributed by atoms with Gasteiger partial charge in [0.25, 0.3) is 0 Å². The molecule has 1 saturated heterocycles. The van der Waals surface area contributed by atoms with Crippen molar-refractivity contribution in [3.8, 4) is 0 Å². The van der Waals surface area contributed by atoms with Gasteiger partial charge < -0.3 is 30.5 Å². The van der Waals surface area contributed by atoms with Gasteiger partial charge in [0.1, 0.15) is 36.0 Å². The van der Waals surface area contributed by atoms with E-state index >= 15 is 0 Å². The number of aliphatic hydroxyl groups is 1. The van der Waals surface area contributed by atoms with Gasteiger partial charge in [-0.3, -0.25) is 43.3 Å². The second-order valence-corrected chi connectivity index (χ2v) is 19.0. The molecule has 4 N–H and O–H groups in total. The molecule has 0 bridgehead atoms. The summed E-state index contributed by atoms with van der Waals surface area (Å²) in [4.78, 5) is 109. The summed E-state index contributed by atoms with van der Waals surface area (Å²) < 4.78 is 10.7. The van der Waals surface area contributed by atoms with Crippen LogP contribution in [0.3, 0.4) is 0 Å². The molecule has 1 aliphatic heterocycles. The largest absolute Gasteiger partial charge is 0.462 e. The van der Waals surface area contributed by atoms with Crippen LogP contribution in [-0.2, 0) is 60.7 Å². The van der Waals surface area contributed by atoms with Gasteiger partial charge in [-0.2, -0.15) is 0 Å². The fourth-order valence-electron chi connectivity index (χ4n) is 7.86. The van der Waals surface area contributed by atoms with Crippen LogP contribution in [0.25, 0.3) is 0 Å². The number of hydrogen-bond acceptors (Lipinski definition) is 12. The lowest BCUT2D eigenvalue weighted by Crippen LogP contribution is -2.59. The molecule has 358 valence electrons. The third-order valence-corrected chi connectivity index (χ3v) is 11.6. The monoisotopic (exact) mass is 905 g/mol. The van der Waals surface area contributed by atoms with Gasteiger partial charge in [-0.15, -0.1) is 0 Å². The van der Waals surface area contributed by atoms with E-state index in [1.54, 1.807) is 30.3 Å². The molecule has 3 rings (SSSR count). The van der Waals surface area contributed by atoms with E-state index in [1.807, 2.05) is 62.9 Å². The Morgan fingerprint density at radius 1 is 0.723 bits per heavy atom. The Hall–Kier alpha value is -5.12. The number of carbonyl (C=O) groups excluding carboxylic acids is 8. The van der Waals surface area contributed by atoms with Crippen LogP contribution in [0, 0.1) is 23.2 Å². The number of amides is 3. The minimum atomic E-state index is -2.28. The maximum absolute atomic E-state index is 14.3. The highest BCUT2D eigenvalue weighted by Gasteiger charge is 2.41. The van der Waals surface area contributed by atoms with E-state index < -0.39 is 83.3 Å². The molecule has 1 aliphatic rings. The molecule has 1 heterocycles. The van der Waals surface area contributed by atoms with Gasteiger partial charge in [0.15, 0.2) is 11.4 Å². The molecule has 2 aromatic carbocycles. The average molecular weight is 905 g/mol. The van der Waals surface area contributed by atoms with Crippen LogP contribution in [0.5, 0.6) is 0 Å². The average Bonchev–Trinajstić information content (AvgIpc) is 3.23. The topological polar surface area (TPSA) is 215 Å². The lowest BCUT2D eigenvalue weighted by atomic mass is 9.78. The van der Waals surface area contributed by atoms with E-state index in [4.69, 9.17) is 9.47 Å². The second kappa shape index (κ2) is 26.1. The van der Waals surface area contributed by atoms with Crippen molar-refractivity contribution < 1.29 is 52.9 Å². The minimum Gasteiger partial charge on any atom is -0.462 e. The molecule has 0 radical (unpaired) electrons. The maximum atomic E-state index is 14.3. The number of nitrogens with one attached hydrogen (secondary N) is 3. The standard InChI is InChI=1S/C50H72N4O11/c1-33(2)25-41(45(59)50(8,63)32-65-44(58)30-49(7,36(6)56)29-35(5)55)51-48(62)43(27-38-17-13-10-14-18-38)53-47(61)42(26-34(3)4)52-46(60)39(20-19-37-15-11-9-12-16-37)28-40(57)31-54-21-23-64-24-22-54/h9-18,33-34,39,41-43,63H,19-32H2,1-8H3,(H,51,62)(H,52,60)(H,53,61)/t39-,41+,42+,43+,49?,50?/m1/s1. The molecule has 3 amide bonds.